The molecule has 0 saturated carbocycles. The number of allylic oxidation sites excluding steroid dienone is 1. The topological polar surface area (TPSA) is 46.5 Å². The summed E-state index contributed by atoms with van der Waals surface area (Å²) in [5, 5.41) is 6.79. The second kappa shape index (κ2) is 3.55. The highest BCUT2D eigenvalue weighted by Gasteiger charge is 2.80. The van der Waals surface area contributed by atoms with Crippen molar-refractivity contribution in [3.05, 3.63) is 10.1 Å². The second-order valence-corrected chi connectivity index (χ2v) is 6.10. The molecule has 0 aromatic carbocycles. The highest BCUT2D eigenvalue weighted by Crippen LogP contribution is 2.67. The SMILES string of the molecule is O=C1[C@H](Cl)O[C@](O)(Cl)[C@@]2(Cl)C(Cl)=C(Cl)[C@@]12Cl. The van der Waals surface area contributed by atoms with Crippen LogP contribution in [-0.4, -0.2) is 31.4 Å². The van der Waals surface area contributed by atoms with E-state index in [4.69, 9.17) is 69.6 Å². The molecule has 0 radical (unpaired) electrons. The summed E-state index contributed by atoms with van der Waals surface area (Å²) in [4.78, 5) is 7.71. The first kappa shape index (κ1) is 13.5. The minimum atomic E-state index is -2.52. The zero-order chi connectivity index (χ0) is 12.5. The number of ketones is 1. The Morgan fingerprint density at radius 2 is 1.69 bits per heavy atom. The van der Waals surface area contributed by atoms with Crippen LogP contribution < -0.4 is 0 Å². The Bertz CT molecular complexity index is 420. The molecule has 2 aliphatic rings. The summed E-state index contributed by atoms with van der Waals surface area (Å²) in [6, 6.07) is 0. The maximum Gasteiger partial charge on any atom is 0.275 e. The van der Waals surface area contributed by atoms with Crippen molar-refractivity contribution in [3.63, 3.8) is 0 Å². The smallest absolute Gasteiger partial charge is 0.275 e. The molecule has 1 heterocycles. The van der Waals surface area contributed by atoms with Gasteiger partial charge >= 0.3 is 0 Å². The number of ether oxygens (including phenoxy) is 1. The van der Waals surface area contributed by atoms with Gasteiger partial charge in [0.05, 0.1) is 10.1 Å². The summed E-state index contributed by atoms with van der Waals surface area (Å²) in [7, 11) is 0. The number of aliphatic hydroxyl groups is 1. The van der Waals surface area contributed by atoms with Crippen LogP contribution in [0.25, 0.3) is 0 Å². The lowest BCUT2D eigenvalue weighted by Crippen LogP contribution is -2.75. The van der Waals surface area contributed by atoms with Crippen molar-refractivity contribution in [2.24, 2.45) is 0 Å². The van der Waals surface area contributed by atoms with Gasteiger partial charge in [-0.15, -0.1) is 23.2 Å². The lowest BCUT2D eigenvalue weighted by atomic mass is 9.74. The second-order valence-electron chi connectivity index (χ2n) is 3.30. The fourth-order valence-electron chi connectivity index (χ4n) is 1.60. The Morgan fingerprint density at radius 3 is 2.19 bits per heavy atom. The van der Waals surface area contributed by atoms with Crippen LogP contribution in [0.1, 0.15) is 0 Å². The Balaban J connectivity index is 2.66. The van der Waals surface area contributed by atoms with E-state index in [0.717, 1.165) is 0 Å². The fourth-order valence-corrected chi connectivity index (χ4v) is 4.14. The molecule has 0 aromatic heterocycles. The summed E-state index contributed by atoms with van der Waals surface area (Å²) in [5.41, 5.74) is -1.56. The van der Waals surface area contributed by atoms with Crippen LogP contribution in [0.4, 0.5) is 0 Å². The van der Waals surface area contributed by atoms with E-state index in [-0.39, 0.29) is 10.1 Å². The predicted molar refractivity (Wildman–Crippen MR) is 62.4 cm³/mol. The van der Waals surface area contributed by atoms with Gasteiger partial charge in [0.25, 0.3) is 5.25 Å². The monoisotopic (exact) mass is 344 g/mol. The molecule has 1 saturated heterocycles. The largest absolute Gasteiger partial charge is 0.351 e. The minimum Gasteiger partial charge on any atom is -0.351 e. The summed E-state index contributed by atoms with van der Waals surface area (Å²) in [6.07, 6.45) is 0. The number of hydrogen-bond acceptors (Lipinski definition) is 3. The van der Waals surface area contributed by atoms with Gasteiger partial charge in [0.2, 0.25) is 5.78 Å². The highest BCUT2D eigenvalue weighted by molar-refractivity contribution is 6.64. The lowest BCUT2D eigenvalue weighted by molar-refractivity contribution is -0.200. The quantitative estimate of drug-likeness (QED) is 0.686. The van der Waals surface area contributed by atoms with Gasteiger partial charge in [-0.25, -0.2) is 0 Å². The Morgan fingerprint density at radius 1 is 1.19 bits per heavy atom. The molecule has 3 nitrogen and oxygen atoms in total. The number of Topliss-reactive ketones (excluding diaryl/α,β-unsaturated/α-hetero) is 1. The molecule has 90 valence electrons. The van der Waals surface area contributed by atoms with Crippen LogP contribution in [0.5, 0.6) is 0 Å². The number of carbonyl (C=O) groups excluding carboxylic acids is 1. The van der Waals surface area contributed by atoms with Gasteiger partial charge < -0.3 is 9.84 Å². The zero-order valence-electron chi connectivity index (χ0n) is 7.11. The molecule has 2 rings (SSSR count). The third-order valence-corrected chi connectivity index (χ3v) is 5.98. The standard InChI is InChI=1S/C7H2Cl6O3/c8-1-2(9)6(12)5(1,11)3(14)4(10)16-7(6,13)15/h4,15H/t4-,5-,6-,7+/m1/s1. The van der Waals surface area contributed by atoms with Crippen molar-refractivity contribution < 1.29 is 14.6 Å². The van der Waals surface area contributed by atoms with E-state index in [1.807, 2.05) is 0 Å². The van der Waals surface area contributed by atoms with Crippen molar-refractivity contribution in [1.82, 2.24) is 0 Å². The Labute approximate surface area is 120 Å². The van der Waals surface area contributed by atoms with Gasteiger partial charge in [0.1, 0.15) is 0 Å². The van der Waals surface area contributed by atoms with Gasteiger partial charge in [-0.3, -0.25) is 4.79 Å². The van der Waals surface area contributed by atoms with Crippen molar-refractivity contribution in [2.75, 3.05) is 0 Å². The molecule has 0 aromatic rings. The van der Waals surface area contributed by atoms with Gasteiger partial charge in [-0.2, -0.15) is 0 Å². The van der Waals surface area contributed by atoms with Gasteiger partial charge in [0, 0.05) is 0 Å². The predicted octanol–water partition coefficient (Wildman–Crippen LogP) is 2.69. The average molecular weight is 347 g/mol. The molecule has 16 heavy (non-hydrogen) atoms. The molecule has 0 bridgehead atoms. The van der Waals surface area contributed by atoms with Crippen LogP contribution >= 0.6 is 69.6 Å². The van der Waals surface area contributed by atoms with Gasteiger partial charge in [-0.1, -0.05) is 46.4 Å². The van der Waals surface area contributed by atoms with Crippen LogP contribution in [0, 0.1) is 0 Å². The molecule has 1 aliphatic heterocycles. The van der Waals surface area contributed by atoms with Crippen LogP contribution in [0.2, 0.25) is 0 Å². The third-order valence-electron chi connectivity index (χ3n) is 2.50. The summed E-state index contributed by atoms with van der Waals surface area (Å²) < 4.78 is 4.65. The van der Waals surface area contributed by atoms with E-state index in [1.54, 1.807) is 0 Å². The van der Waals surface area contributed by atoms with Crippen LogP contribution in [-0.2, 0) is 9.53 Å². The van der Waals surface area contributed by atoms with E-state index in [1.165, 1.54) is 0 Å². The van der Waals surface area contributed by atoms with Gasteiger partial charge in [0.15, 0.2) is 15.3 Å². The number of halogens is 6. The molecule has 1 N–H and O–H groups in total. The van der Waals surface area contributed by atoms with E-state index < -0.39 is 26.3 Å². The van der Waals surface area contributed by atoms with Crippen molar-refractivity contribution in [3.8, 4) is 0 Å². The fraction of sp³-hybridized carbons (Fsp3) is 0.571. The number of alkyl halides is 4. The zero-order valence-corrected chi connectivity index (χ0v) is 11.6. The molecule has 9 heteroatoms. The van der Waals surface area contributed by atoms with Crippen molar-refractivity contribution >= 4 is 75.4 Å². The normalized spacial score (nSPS) is 52.4. The first-order valence-electron chi connectivity index (χ1n) is 3.82. The number of fused-ring (bicyclic) bond motifs is 1. The molecule has 0 unspecified atom stereocenters. The number of carbonyl (C=O) groups is 1. The van der Waals surface area contributed by atoms with Crippen LogP contribution in [0.15, 0.2) is 10.1 Å². The molecule has 0 spiro atoms. The van der Waals surface area contributed by atoms with E-state index >= 15 is 0 Å². The summed E-state index contributed by atoms with van der Waals surface area (Å²) in [6.45, 7) is 0. The molecular formula is C7H2Cl6O3. The average Bonchev–Trinajstić information content (AvgIpc) is 2.21. The summed E-state index contributed by atoms with van der Waals surface area (Å²) >= 11 is 34.5. The number of hydrogen-bond donors (Lipinski definition) is 1. The van der Waals surface area contributed by atoms with E-state index in [2.05, 4.69) is 4.74 Å². The van der Waals surface area contributed by atoms with E-state index in [0.29, 0.717) is 0 Å². The Hall–Kier alpha value is 1.07. The van der Waals surface area contributed by atoms with Crippen molar-refractivity contribution in [2.45, 2.75) is 20.6 Å². The summed E-state index contributed by atoms with van der Waals surface area (Å²) in [5.74, 6) is -0.828. The highest BCUT2D eigenvalue weighted by atomic mass is 35.5. The lowest BCUT2D eigenvalue weighted by Gasteiger charge is -2.57. The molecular weight excluding hydrogens is 345 g/mol. The molecule has 1 aliphatic carbocycles. The number of rotatable bonds is 0. The minimum absolute atomic E-state index is 0.219. The van der Waals surface area contributed by atoms with Crippen molar-refractivity contribution in [1.29, 1.82) is 0 Å². The first-order valence-corrected chi connectivity index (χ1v) is 6.15. The third kappa shape index (κ3) is 1.19. The Kier molecular flexibility index (Phi) is 2.99. The van der Waals surface area contributed by atoms with Gasteiger partial charge in [-0.05, 0) is 0 Å². The first-order chi connectivity index (χ1) is 7.10. The molecule has 4 atom stereocenters. The maximum atomic E-state index is 11.7. The molecule has 1 fully saturated rings. The van der Waals surface area contributed by atoms with E-state index in [9.17, 15) is 9.90 Å². The van der Waals surface area contributed by atoms with Crippen LogP contribution in [0.3, 0.4) is 0 Å². The maximum absolute atomic E-state index is 11.7. The molecule has 0 amide bonds.